The molecular weight excluding hydrogens is 342 g/mol. The number of aliphatic carboxylic acids is 1. The molecule has 6 nitrogen and oxygen atoms in total. The molecule has 27 heavy (non-hydrogen) atoms. The van der Waals surface area contributed by atoms with Gasteiger partial charge in [-0.3, -0.25) is 9.59 Å². The molecule has 0 unspecified atom stereocenters. The average molecular weight is 365 g/mol. The monoisotopic (exact) mass is 365 g/mol. The van der Waals surface area contributed by atoms with Crippen molar-refractivity contribution in [2.45, 2.75) is 26.3 Å². The van der Waals surface area contributed by atoms with Crippen LogP contribution in [-0.2, 0) is 11.2 Å². The van der Waals surface area contributed by atoms with Crippen molar-refractivity contribution in [1.82, 2.24) is 14.5 Å². The van der Waals surface area contributed by atoms with Gasteiger partial charge in [0.2, 0.25) is 0 Å². The van der Waals surface area contributed by atoms with E-state index in [1.807, 2.05) is 41.0 Å². The number of carbonyl (C=O) groups excluding carboxylic acids is 1. The number of fused-ring (bicyclic) bond motifs is 1. The fraction of sp³-hybridized carbons (Fsp3) is 0.286. The fourth-order valence-electron chi connectivity index (χ4n) is 3.08. The number of aromatic nitrogens is 2. The van der Waals surface area contributed by atoms with Gasteiger partial charge >= 0.3 is 5.97 Å². The summed E-state index contributed by atoms with van der Waals surface area (Å²) in [5.74, 6) is -1.32. The van der Waals surface area contributed by atoms with Crippen LogP contribution in [0.4, 0.5) is 0 Å². The smallest absolute Gasteiger partial charge is 0.323 e. The van der Waals surface area contributed by atoms with E-state index in [4.69, 9.17) is 0 Å². The molecule has 3 aromatic rings. The molecule has 140 valence electrons. The molecule has 1 amide bonds. The Morgan fingerprint density at radius 2 is 1.89 bits per heavy atom. The maximum atomic E-state index is 12.9. The number of nitrogens with zero attached hydrogens (tertiary/aromatic N) is 3. The molecule has 1 heterocycles. The van der Waals surface area contributed by atoms with Crippen LogP contribution in [0.3, 0.4) is 0 Å². The molecular formula is C21H23N3O3. The molecule has 0 aliphatic carbocycles. The van der Waals surface area contributed by atoms with Gasteiger partial charge in [0.25, 0.3) is 5.91 Å². The van der Waals surface area contributed by atoms with Crippen LogP contribution in [0.25, 0.3) is 11.0 Å². The minimum Gasteiger partial charge on any atom is -0.480 e. The van der Waals surface area contributed by atoms with Crippen LogP contribution < -0.4 is 0 Å². The quantitative estimate of drug-likeness (QED) is 0.696. The predicted octanol–water partition coefficient (Wildman–Crippen LogP) is 3.39. The molecule has 2 aromatic carbocycles. The number of carboxylic acid groups (broad SMARTS) is 1. The van der Waals surface area contributed by atoms with Crippen LogP contribution in [0.2, 0.25) is 0 Å². The Morgan fingerprint density at radius 1 is 1.15 bits per heavy atom. The third-order valence-corrected chi connectivity index (χ3v) is 4.50. The molecule has 0 atom stereocenters. The summed E-state index contributed by atoms with van der Waals surface area (Å²) in [6, 6.07) is 15.3. The van der Waals surface area contributed by atoms with Gasteiger partial charge in [0, 0.05) is 18.2 Å². The van der Waals surface area contributed by atoms with E-state index >= 15 is 0 Å². The van der Waals surface area contributed by atoms with Gasteiger partial charge in [-0.15, -0.1) is 0 Å². The van der Waals surface area contributed by atoms with Gasteiger partial charge in [-0.25, -0.2) is 4.98 Å². The first kappa shape index (κ1) is 18.6. The van der Waals surface area contributed by atoms with Gasteiger partial charge in [0.1, 0.15) is 6.54 Å². The number of benzene rings is 2. The van der Waals surface area contributed by atoms with E-state index in [0.717, 1.165) is 16.6 Å². The SMILES string of the molecule is CC(C)n1cnc2cc(C(=O)N(CCc3ccccc3)CC(=O)O)ccc21. The molecule has 1 N–H and O–H groups in total. The van der Waals surface area contributed by atoms with E-state index in [0.29, 0.717) is 18.5 Å². The third kappa shape index (κ3) is 4.34. The molecule has 6 heteroatoms. The number of imidazole rings is 1. The first-order valence-corrected chi connectivity index (χ1v) is 8.97. The van der Waals surface area contributed by atoms with Crippen molar-refractivity contribution in [3.05, 3.63) is 66.0 Å². The van der Waals surface area contributed by atoms with E-state index in [2.05, 4.69) is 18.8 Å². The lowest BCUT2D eigenvalue weighted by Gasteiger charge is -2.21. The van der Waals surface area contributed by atoms with Crippen LogP contribution in [-0.4, -0.2) is 44.5 Å². The summed E-state index contributed by atoms with van der Waals surface area (Å²) in [6.07, 6.45) is 2.36. The first-order valence-electron chi connectivity index (χ1n) is 8.97. The molecule has 0 fully saturated rings. The van der Waals surface area contributed by atoms with E-state index in [9.17, 15) is 14.7 Å². The minimum atomic E-state index is -1.03. The number of amides is 1. The molecule has 1 aromatic heterocycles. The van der Waals surface area contributed by atoms with Crippen molar-refractivity contribution in [3.63, 3.8) is 0 Å². The third-order valence-electron chi connectivity index (χ3n) is 4.50. The normalized spacial score (nSPS) is 11.1. The lowest BCUT2D eigenvalue weighted by atomic mass is 10.1. The highest BCUT2D eigenvalue weighted by Crippen LogP contribution is 2.20. The van der Waals surface area contributed by atoms with Crippen molar-refractivity contribution in [1.29, 1.82) is 0 Å². The zero-order chi connectivity index (χ0) is 19.4. The van der Waals surface area contributed by atoms with Crippen molar-refractivity contribution in [2.75, 3.05) is 13.1 Å². The first-order chi connectivity index (χ1) is 13.0. The lowest BCUT2D eigenvalue weighted by Crippen LogP contribution is -2.37. The van der Waals surface area contributed by atoms with Crippen LogP contribution >= 0.6 is 0 Å². The molecule has 0 aliphatic rings. The second-order valence-electron chi connectivity index (χ2n) is 6.81. The molecule has 0 radical (unpaired) electrons. The minimum absolute atomic E-state index is 0.269. The highest BCUT2D eigenvalue weighted by atomic mass is 16.4. The van der Waals surface area contributed by atoms with Crippen LogP contribution in [0, 0.1) is 0 Å². The summed E-state index contributed by atoms with van der Waals surface area (Å²) in [5.41, 5.74) is 3.20. The topological polar surface area (TPSA) is 75.4 Å². The Labute approximate surface area is 158 Å². The fourth-order valence-corrected chi connectivity index (χ4v) is 3.08. The number of hydrogen-bond acceptors (Lipinski definition) is 3. The second kappa shape index (κ2) is 8.03. The van der Waals surface area contributed by atoms with Crippen LogP contribution in [0.15, 0.2) is 54.9 Å². The maximum absolute atomic E-state index is 12.9. The highest BCUT2D eigenvalue weighted by molar-refractivity contribution is 5.98. The molecule has 0 aliphatic heterocycles. The molecule has 0 spiro atoms. The Balaban J connectivity index is 1.82. The summed E-state index contributed by atoms with van der Waals surface area (Å²) in [7, 11) is 0. The van der Waals surface area contributed by atoms with E-state index in [1.165, 1.54) is 4.90 Å². The molecule has 0 saturated heterocycles. The van der Waals surface area contributed by atoms with Crippen molar-refractivity contribution in [2.24, 2.45) is 0 Å². The van der Waals surface area contributed by atoms with Gasteiger partial charge in [0.05, 0.1) is 17.4 Å². The summed E-state index contributed by atoms with van der Waals surface area (Å²) in [6.45, 7) is 4.15. The summed E-state index contributed by atoms with van der Waals surface area (Å²) >= 11 is 0. The standard InChI is InChI=1S/C21H23N3O3/c1-15(2)24-14-22-18-12-17(8-9-19(18)24)21(27)23(13-20(25)26)11-10-16-6-4-3-5-7-16/h3-9,12,14-15H,10-11,13H2,1-2H3,(H,25,26). The summed E-state index contributed by atoms with van der Waals surface area (Å²) in [4.78, 5) is 29.9. The van der Waals surface area contributed by atoms with E-state index < -0.39 is 5.97 Å². The Bertz CT molecular complexity index is 948. The van der Waals surface area contributed by atoms with Crippen molar-refractivity contribution >= 4 is 22.9 Å². The van der Waals surface area contributed by atoms with E-state index in [1.54, 1.807) is 18.5 Å². The number of carbonyl (C=O) groups is 2. The Morgan fingerprint density at radius 3 is 2.56 bits per heavy atom. The van der Waals surface area contributed by atoms with Gasteiger partial charge in [0.15, 0.2) is 0 Å². The largest absolute Gasteiger partial charge is 0.480 e. The average Bonchev–Trinajstić information content (AvgIpc) is 3.08. The number of carboxylic acids is 1. The molecule has 0 bridgehead atoms. The van der Waals surface area contributed by atoms with E-state index in [-0.39, 0.29) is 18.5 Å². The Kier molecular flexibility index (Phi) is 5.54. The highest BCUT2D eigenvalue weighted by Gasteiger charge is 2.19. The van der Waals surface area contributed by atoms with Crippen molar-refractivity contribution in [3.8, 4) is 0 Å². The lowest BCUT2D eigenvalue weighted by molar-refractivity contribution is -0.137. The van der Waals surface area contributed by atoms with Crippen LogP contribution in [0.5, 0.6) is 0 Å². The predicted molar refractivity (Wildman–Crippen MR) is 104 cm³/mol. The zero-order valence-electron chi connectivity index (χ0n) is 15.5. The zero-order valence-corrected chi connectivity index (χ0v) is 15.5. The van der Waals surface area contributed by atoms with Gasteiger partial charge < -0.3 is 14.6 Å². The van der Waals surface area contributed by atoms with Crippen LogP contribution in [0.1, 0.15) is 35.8 Å². The van der Waals surface area contributed by atoms with Gasteiger partial charge in [-0.2, -0.15) is 0 Å². The number of rotatable bonds is 7. The summed E-state index contributed by atoms with van der Waals surface area (Å²) < 4.78 is 2.04. The summed E-state index contributed by atoms with van der Waals surface area (Å²) in [5, 5.41) is 9.20. The molecule has 0 saturated carbocycles. The van der Waals surface area contributed by atoms with Gasteiger partial charge in [-0.05, 0) is 44.0 Å². The molecule has 3 rings (SSSR count). The maximum Gasteiger partial charge on any atom is 0.323 e. The number of hydrogen-bond donors (Lipinski definition) is 1. The Hall–Kier alpha value is -3.15. The van der Waals surface area contributed by atoms with Gasteiger partial charge in [-0.1, -0.05) is 30.3 Å². The van der Waals surface area contributed by atoms with Crippen molar-refractivity contribution < 1.29 is 14.7 Å². The second-order valence-corrected chi connectivity index (χ2v) is 6.81.